The fraction of sp³-hybridized carbons (Fsp3) is 0.684. The first-order chi connectivity index (χ1) is 9.86. The summed E-state index contributed by atoms with van der Waals surface area (Å²) < 4.78 is 5.68. The van der Waals surface area contributed by atoms with Crippen LogP contribution in [0.1, 0.15) is 59.6 Å². The van der Waals surface area contributed by atoms with Gasteiger partial charge in [0.25, 0.3) is 0 Å². The van der Waals surface area contributed by atoms with Gasteiger partial charge in [-0.1, -0.05) is 46.8 Å². The van der Waals surface area contributed by atoms with Crippen molar-refractivity contribution in [2.45, 2.75) is 54.0 Å². The SMILES string of the molecule is CCCNC(c1cccc(OCC)c1)C1C(C)(C)C1(C)C. The van der Waals surface area contributed by atoms with Gasteiger partial charge in [0.2, 0.25) is 0 Å². The van der Waals surface area contributed by atoms with Crippen LogP contribution < -0.4 is 10.1 Å². The molecule has 1 N–H and O–H groups in total. The summed E-state index contributed by atoms with van der Waals surface area (Å²) in [5.74, 6) is 1.64. The van der Waals surface area contributed by atoms with E-state index in [-0.39, 0.29) is 0 Å². The molecule has 0 radical (unpaired) electrons. The van der Waals surface area contributed by atoms with Gasteiger partial charge in [-0.15, -0.1) is 0 Å². The predicted octanol–water partition coefficient (Wildman–Crippen LogP) is 4.81. The van der Waals surface area contributed by atoms with Crippen LogP contribution in [0.5, 0.6) is 5.75 Å². The van der Waals surface area contributed by atoms with Crippen LogP contribution in [0, 0.1) is 16.7 Å². The zero-order chi connectivity index (χ0) is 15.7. The highest BCUT2D eigenvalue weighted by Gasteiger charge is 2.67. The van der Waals surface area contributed by atoms with Gasteiger partial charge in [-0.3, -0.25) is 0 Å². The van der Waals surface area contributed by atoms with Crippen LogP contribution in [0.25, 0.3) is 0 Å². The summed E-state index contributed by atoms with van der Waals surface area (Å²) in [6.07, 6.45) is 1.16. The number of benzene rings is 1. The number of hydrogen-bond acceptors (Lipinski definition) is 2. The Balaban J connectivity index is 2.27. The van der Waals surface area contributed by atoms with Crippen molar-refractivity contribution < 1.29 is 4.74 Å². The largest absolute Gasteiger partial charge is 0.494 e. The van der Waals surface area contributed by atoms with Gasteiger partial charge >= 0.3 is 0 Å². The molecule has 0 amide bonds. The first kappa shape index (κ1) is 16.4. The highest BCUT2D eigenvalue weighted by atomic mass is 16.5. The lowest BCUT2D eigenvalue weighted by atomic mass is 9.96. The fourth-order valence-electron chi connectivity index (χ4n) is 3.77. The first-order valence-corrected chi connectivity index (χ1v) is 8.32. The molecular weight excluding hydrogens is 258 g/mol. The maximum Gasteiger partial charge on any atom is 0.119 e. The third-order valence-corrected chi connectivity index (χ3v) is 5.61. The standard InChI is InChI=1S/C19H31NO/c1-7-12-20-16(17-18(3,4)19(17,5)6)14-10-9-11-15(13-14)21-8-2/h9-11,13,16-17,20H,7-8,12H2,1-6H3. The van der Waals surface area contributed by atoms with E-state index in [1.165, 1.54) is 5.56 Å². The maximum atomic E-state index is 5.68. The zero-order valence-corrected chi connectivity index (χ0v) is 14.5. The smallest absolute Gasteiger partial charge is 0.119 e. The summed E-state index contributed by atoms with van der Waals surface area (Å²) in [5.41, 5.74) is 2.11. The lowest BCUT2D eigenvalue weighted by Gasteiger charge is -2.22. The molecule has 1 aromatic carbocycles. The minimum atomic E-state index is 0.375. The first-order valence-electron chi connectivity index (χ1n) is 8.32. The van der Waals surface area contributed by atoms with E-state index in [1.807, 2.05) is 13.0 Å². The Bertz CT molecular complexity index is 464. The van der Waals surface area contributed by atoms with Crippen molar-refractivity contribution in [1.82, 2.24) is 5.32 Å². The van der Waals surface area contributed by atoms with Crippen LogP contribution in [0.2, 0.25) is 0 Å². The van der Waals surface area contributed by atoms with Gasteiger partial charge in [0.1, 0.15) is 5.75 Å². The molecule has 0 heterocycles. The van der Waals surface area contributed by atoms with Crippen LogP contribution in [0.15, 0.2) is 24.3 Å². The van der Waals surface area contributed by atoms with Gasteiger partial charge in [0.15, 0.2) is 0 Å². The monoisotopic (exact) mass is 289 g/mol. The Morgan fingerprint density at radius 3 is 2.33 bits per heavy atom. The molecule has 2 nitrogen and oxygen atoms in total. The molecular formula is C19H31NO. The number of hydrogen-bond donors (Lipinski definition) is 1. The third kappa shape index (κ3) is 2.96. The quantitative estimate of drug-likeness (QED) is 0.778. The second-order valence-electron chi connectivity index (χ2n) is 7.36. The van der Waals surface area contributed by atoms with E-state index in [0.717, 1.165) is 25.3 Å². The van der Waals surface area contributed by atoms with E-state index in [9.17, 15) is 0 Å². The molecule has 2 heteroatoms. The molecule has 0 spiro atoms. The summed E-state index contributed by atoms with van der Waals surface area (Å²) >= 11 is 0. The summed E-state index contributed by atoms with van der Waals surface area (Å²) in [6, 6.07) is 9.02. The van der Waals surface area contributed by atoms with Crippen molar-refractivity contribution in [3.8, 4) is 5.75 Å². The lowest BCUT2D eigenvalue weighted by Crippen LogP contribution is -2.26. The highest BCUT2D eigenvalue weighted by Crippen LogP contribution is 2.72. The van der Waals surface area contributed by atoms with E-state index in [1.54, 1.807) is 0 Å². The van der Waals surface area contributed by atoms with Gasteiger partial charge in [-0.2, -0.15) is 0 Å². The number of rotatable bonds is 7. The van der Waals surface area contributed by atoms with E-state index in [2.05, 4.69) is 58.1 Å². The zero-order valence-electron chi connectivity index (χ0n) is 14.5. The van der Waals surface area contributed by atoms with Crippen molar-refractivity contribution in [3.05, 3.63) is 29.8 Å². The van der Waals surface area contributed by atoms with E-state index < -0.39 is 0 Å². The van der Waals surface area contributed by atoms with Gasteiger partial charge in [-0.05, 0) is 54.3 Å². The fourth-order valence-corrected chi connectivity index (χ4v) is 3.77. The molecule has 118 valence electrons. The second kappa shape index (κ2) is 6.00. The molecule has 0 bridgehead atoms. The molecule has 0 saturated heterocycles. The molecule has 1 aromatic rings. The maximum absolute atomic E-state index is 5.68. The highest BCUT2D eigenvalue weighted by molar-refractivity contribution is 5.34. The molecule has 0 aromatic heterocycles. The molecule has 1 unspecified atom stereocenters. The topological polar surface area (TPSA) is 21.3 Å². The summed E-state index contributed by atoms with van der Waals surface area (Å²) in [7, 11) is 0. The van der Waals surface area contributed by atoms with Gasteiger partial charge < -0.3 is 10.1 Å². The lowest BCUT2D eigenvalue weighted by molar-refractivity contribution is 0.338. The van der Waals surface area contributed by atoms with Crippen molar-refractivity contribution in [2.24, 2.45) is 16.7 Å². The molecule has 1 aliphatic rings. The Morgan fingerprint density at radius 1 is 1.14 bits per heavy atom. The normalized spacial score (nSPS) is 21.0. The van der Waals surface area contributed by atoms with Crippen LogP contribution in [-0.2, 0) is 0 Å². The Morgan fingerprint density at radius 2 is 1.81 bits per heavy atom. The summed E-state index contributed by atoms with van der Waals surface area (Å²) in [6.45, 7) is 15.6. The number of ether oxygens (including phenoxy) is 1. The van der Waals surface area contributed by atoms with Gasteiger partial charge in [0.05, 0.1) is 6.61 Å². The minimum Gasteiger partial charge on any atom is -0.494 e. The molecule has 2 rings (SSSR count). The molecule has 1 aliphatic carbocycles. The van der Waals surface area contributed by atoms with Crippen LogP contribution >= 0.6 is 0 Å². The molecule has 1 saturated carbocycles. The Kier molecular flexibility index (Phi) is 4.67. The molecule has 0 aliphatic heterocycles. The second-order valence-corrected chi connectivity index (χ2v) is 7.36. The average Bonchev–Trinajstić information content (AvgIpc) is 2.83. The third-order valence-electron chi connectivity index (χ3n) is 5.61. The van der Waals surface area contributed by atoms with Gasteiger partial charge in [-0.25, -0.2) is 0 Å². The average molecular weight is 289 g/mol. The van der Waals surface area contributed by atoms with Crippen LogP contribution in [-0.4, -0.2) is 13.2 Å². The van der Waals surface area contributed by atoms with Crippen LogP contribution in [0.4, 0.5) is 0 Å². The van der Waals surface area contributed by atoms with Crippen LogP contribution in [0.3, 0.4) is 0 Å². The molecule has 1 atom stereocenters. The van der Waals surface area contributed by atoms with E-state index in [4.69, 9.17) is 4.74 Å². The van der Waals surface area contributed by atoms with E-state index in [0.29, 0.717) is 22.8 Å². The minimum absolute atomic E-state index is 0.375. The van der Waals surface area contributed by atoms with Gasteiger partial charge in [0, 0.05) is 6.04 Å². The van der Waals surface area contributed by atoms with Crippen molar-refractivity contribution >= 4 is 0 Å². The predicted molar refractivity (Wildman–Crippen MR) is 89.7 cm³/mol. The molecule has 21 heavy (non-hydrogen) atoms. The Labute approximate surface area is 130 Å². The Hall–Kier alpha value is -1.02. The van der Waals surface area contributed by atoms with E-state index >= 15 is 0 Å². The van der Waals surface area contributed by atoms with Crippen molar-refractivity contribution in [2.75, 3.05) is 13.2 Å². The summed E-state index contributed by atoms with van der Waals surface area (Å²) in [5, 5.41) is 3.77. The van der Waals surface area contributed by atoms with Crippen molar-refractivity contribution in [3.63, 3.8) is 0 Å². The number of nitrogens with one attached hydrogen (secondary N) is 1. The van der Waals surface area contributed by atoms with Crippen molar-refractivity contribution in [1.29, 1.82) is 0 Å². The summed E-state index contributed by atoms with van der Waals surface area (Å²) in [4.78, 5) is 0. The molecule has 1 fully saturated rings.